The largest absolute Gasteiger partial charge is 0.461 e. The van der Waals surface area contributed by atoms with Gasteiger partial charge in [0.25, 0.3) is 5.91 Å². The molecule has 160 valence electrons. The van der Waals surface area contributed by atoms with Crippen molar-refractivity contribution in [3.8, 4) is 0 Å². The zero-order chi connectivity index (χ0) is 21.6. The van der Waals surface area contributed by atoms with E-state index < -0.39 is 24.5 Å². The van der Waals surface area contributed by atoms with E-state index in [0.29, 0.717) is 37.6 Å². The number of aryl methyl sites for hydroxylation is 1. The van der Waals surface area contributed by atoms with E-state index in [9.17, 15) is 19.2 Å². The molecule has 2 amide bonds. The molecule has 10 heteroatoms. The van der Waals surface area contributed by atoms with Gasteiger partial charge in [-0.05, 0) is 26.3 Å². The Balaban J connectivity index is 1.92. The lowest BCUT2D eigenvalue weighted by Gasteiger charge is -2.28. The van der Waals surface area contributed by atoms with Crippen LogP contribution in [0.2, 0.25) is 0 Å². The molecule has 0 aromatic carbocycles. The van der Waals surface area contributed by atoms with Gasteiger partial charge in [-0.15, -0.1) is 0 Å². The average Bonchev–Trinajstić information content (AvgIpc) is 3.00. The molecule has 10 nitrogen and oxygen atoms in total. The second-order valence-electron chi connectivity index (χ2n) is 6.66. The maximum Gasteiger partial charge on any atom is 0.355 e. The lowest BCUT2D eigenvalue weighted by molar-refractivity contribution is -0.143. The standard InChI is InChI=1S/C19H27N3O7/c1-5-28-19(26)17-12(2)16(13(3)20-17)18(25)29-11-15(24)21(4)10-14(23)22-6-8-27-9-7-22/h20H,5-11H2,1-4H3. The zero-order valence-electron chi connectivity index (χ0n) is 17.2. The third kappa shape index (κ3) is 5.57. The van der Waals surface area contributed by atoms with Crippen LogP contribution in [0.4, 0.5) is 0 Å². The summed E-state index contributed by atoms with van der Waals surface area (Å²) in [7, 11) is 1.47. The van der Waals surface area contributed by atoms with Crippen molar-refractivity contribution in [2.24, 2.45) is 0 Å². The summed E-state index contributed by atoms with van der Waals surface area (Å²) >= 11 is 0. The van der Waals surface area contributed by atoms with Crippen molar-refractivity contribution < 1.29 is 33.4 Å². The Morgan fingerprint density at radius 1 is 1.10 bits per heavy atom. The maximum absolute atomic E-state index is 12.4. The van der Waals surface area contributed by atoms with Crippen molar-refractivity contribution in [3.63, 3.8) is 0 Å². The van der Waals surface area contributed by atoms with E-state index in [-0.39, 0.29) is 30.3 Å². The van der Waals surface area contributed by atoms with Crippen LogP contribution < -0.4 is 0 Å². The highest BCUT2D eigenvalue weighted by Crippen LogP contribution is 2.20. The van der Waals surface area contributed by atoms with Gasteiger partial charge in [0.1, 0.15) is 5.69 Å². The molecule has 2 heterocycles. The van der Waals surface area contributed by atoms with Crippen LogP contribution >= 0.6 is 0 Å². The third-order valence-corrected chi connectivity index (χ3v) is 4.61. The molecule has 0 saturated carbocycles. The lowest BCUT2D eigenvalue weighted by atomic mass is 10.1. The molecule has 0 atom stereocenters. The summed E-state index contributed by atoms with van der Waals surface area (Å²) in [4.78, 5) is 54.5. The molecule has 1 fully saturated rings. The highest BCUT2D eigenvalue weighted by molar-refractivity contribution is 5.99. The summed E-state index contributed by atoms with van der Waals surface area (Å²) in [6, 6.07) is 0. The van der Waals surface area contributed by atoms with E-state index in [0.717, 1.165) is 0 Å². The number of hydrogen-bond acceptors (Lipinski definition) is 7. The number of aromatic nitrogens is 1. The molecule has 0 radical (unpaired) electrons. The van der Waals surface area contributed by atoms with Gasteiger partial charge in [-0.1, -0.05) is 0 Å². The number of likely N-dealkylation sites (N-methyl/N-ethyl adjacent to an activating group) is 1. The Morgan fingerprint density at radius 2 is 1.76 bits per heavy atom. The Bertz CT molecular complexity index is 781. The van der Waals surface area contributed by atoms with E-state index in [1.54, 1.807) is 25.7 Å². The first kappa shape index (κ1) is 22.4. The van der Waals surface area contributed by atoms with Gasteiger partial charge >= 0.3 is 11.9 Å². The van der Waals surface area contributed by atoms with Crippen molar-refractivity contribution in [2.45, 2.75) is 20.8 Å². The zero-order valence-corrected chi connectivity index (χ0v) is 17.2. The number of nitrogens with one attached hydrogen (secondary N) is 1. The van der Waals surface area contributed by atoms with Crippen LogP contribution in [0.3, 0.4) is 0 Å². The first-order chi connectivity index (χ1) is 13.8. The van der Waals surface area contributed by atoms with E-state index in [1.807, 2.05) is 0 Å². The Kier molecular flexibility index (Phi) is 7.77. The van der Waals surface area contributed by atoms with Gasteiger partial charge in [0.2, 0.25) is 5.91 Å². The van der Waals surface area contributed by atoms with Gasteiger partial charge in [-0.25, -0.2) is 9.59 Å². The summed E-state index contributed by atoms with van der Waals surface area (Å²) in [6.07, 6.45) is 0. The number of rotatable bonds is 7. The van der Waals surface area contributed by atoms with Crippen LogP contribution in [0.15, 0.2) is 0 Å². The molecule has 0 aliphatic carbocycles. The van der Waals surface area contributed by atoms with Crippen LogP contribution in [0.25, 0.3) is 0 Å². The Labute approximate surface area is 169 Å². The monoisotopic (exact) mass is 409 g/mol. The molecule has 1 aromatic rings. The average molecular weight is 409 g/mol. The number of morpholine rings is 1. The first-order valence-corrected chi connectivity index (χ1v) is 9.39. The number of hydrogen-bond donors (Lipinski definition) is 1. The van der Waals surface area contributed by atoms with Crippen LogP contribution in [-0.4, -0.2) is 91.6 Å². The molecule has 1 N–H and O–H groups in total. The smallest absolute Gasteiger partial charge is 0.355 e. The number of aromatic amines is 1. The van der Waals surface area contributed by atoms with E-state index >= 15 is 0 Å². The second kappa shape index (κ2) is 10.1. The predicted molar refractivity (Wildman–Crippen MR) is 102 cm³/mol. The summed E-state index contributed by atoms with van der Waals surface area (Å²) in [5.74, 6) is -1.99. The van der Waals surface area contributed by atoms with Gasteiger partial charge in [0.15, 0.2) is 6.61 Å². The SMILES string of the molecule is CCOC(=O)c1[nH]c(C)c(C(=O)OCC(=O)N(C)CC(=O)N2CCOCC2)c1C. The van der Waals surface area contributed by atoms with E-state index in [1.165, 1.54) is 11.9 Å². The van der Waals surface area contributed by atoms with Crippen LogP contribution in [0.5, 0.6) is 0 Å². The Hall–Kier alpha value is -2.88. The normalized spacial score (nSPS) is 13.7. The number of carbonyl (C=O) groups is 4. The first-order valence-electron chi connectivity index (χ1n) is 9.39. The fourth-order valence-corrected chi connectivity index (χ4v) is 2.98. The highest BCUT2D eigenvalue weighted by atomic mass is 16.5. The maximum atomic E-state index is 12.4. The van der Waals surface area contributed by atoms with Crippen molar-refractivity contribution >= 4 is 23.8 Å². The number of H-pyrrole nitrogens is 1. The molecule has 1 saturated heterocycles. The van der Waals surface area contributed by atoms with Crippen molar-refractivity contribution in [1.29, 1.82) is 0 Å². The molecule has 0 spiro atoms. The highest BCUT2D eigenvalue weighted by Gasteiger charge is 2.25. The third-order valence-electron chi connectivity index (χ3n) is 4.61. The lowest BCUT2D eigenvalue weighted by Crippen LogP contribution is -2.46. The van der Waals surface area contributed by atoms with Crippen LogP contribution in [-0.2, 0) is 23.8 Å². The number of ether oxygens (including phenoxy) is 3. The molecular formula is C19H27N3O7. The molecule has 29 heavy (non-hydrogen) atoms. The van der Waals surface area contributed by atoms with E-state index in [2.05, 4.69) is 4.98 Å². The van der Waals surface area contributed by atoms with Gasteiger partial charge in [-0.2, -0.15) is 0 Å². The summed E-state index contributed by atoms with van der Waals surface area (Å²) in [6.45, 7) is 6.44. The molecule has 0 unspecified atom stereocenters. The second-order valence-corrected chi connectivity index (χ2v) is 6.66. The molecule has 0 bridgehead atoms. The number of amides is 2. The van der Waals surface area contributed by atoms with Crippen molar-refractivity contribution in [2.75, 3.05) is 53.1 Å². The molecular weight excluding hydrogens is 382 g/mol. The van der Waals surface area contributed by atoms with Gasteiger partial charge in [-0.3, -0.25) is 9.59 Å². The quantitative estimate of drug-likeness (QED) is 0.643. The predicted octanol–water partition coefficient (Wildman–Crippen LogP) is 0.282. The molecule has 1 aliphatic rings. The molecule has 1 aromatic heterocycles. The number of esters is 2. The van der Waals surface area contributed by atoms with Crippen molar-refractivity contribution in [1.82, 2.24) is 14.8 Å². The minimum Gasteiger partial charge on any atom is -0.461 e. The van der Waals surface area contributed by atoms with Crippen LogP contribution in [0, 0.1) is 13.8 Å². The fourth-order valence-electron chi connectivity index (χ4n) is 2.98. The fraction of sp³-hybridized carbons (Fsp3) is 0.579. The Morgan fingerprint density at radius 3 is 2.38 bits per heavy atom. The number of nitrogens with zero attached hydrogens (tertiary/aromatic N) is 2. The topological polar surface area (TPSA) is 118 Å². The summed E-state index contributed by atoms with van der Waals surface area (Å²) in [5.41, 5.74) is 1.21. The van der Waals surface area contributed by atoms with Gasteiger partial charge in [0.05, 0.1) is 31.9 Å². The molecule has 2 rings (SSSR count). The summed E-state index contributed by atoms with van der Waals surface area (Å²) < 4.78 is 15.2. The van der Waals surface area contributed by atoms with Gasteiger partial charge in [0, 0.05) is 25.8 Å². The number of carbonyl (C=O) groups excluding carboxylic acids is 4. The van der Waals surface area contributed by atoms with Gasteiger partial charge < -0.3 is 29.0 Å². The van der Waals surface area contributed by atoms with Crippen LogP contribution in [0.1, 0.15) is 39.0 Å². The van der Waals surface area contributed by atoms with E-state index in [4.69, 9.17) is 14.2 Å². The van der Waals surface area contributed by atoms with Crippen molar-refractivity contribution in [3.05, 3.63) is 22.5 Å². The molecule has 1 aliphatic heterocycles. The summed E-state index contributed by atoms with van der Waals surface area (Å²) in [5, 5.41) is 0. The minimum absolute atomic E-state index is 0.106. The minimum atomic E-state index is -0.729.